The molecule has 1 aromatic carbocycles. The van der Waals surface area contributed by atoms with E-state index in [0.717, 1.165) is 25.0 Å². The molecular weight excluding hydrogens is 405 g/mol. The van der Waals surface area contributed by atoms with E-state index in [9.17, 15) is 14.0 Å². The number of pyridine rings is 1. The van der Waals surface area contributed by atoms with Crippen LogP contribution in [0.1, 0.15) is 30.5 Å². The third-order valence-corrected chi connectivity index (χ3v) is 6.77. The first kappa shape index (κ1) is 20.8. The van der Waals surface area contributed by atoms with Gasteiger partial charge in [-0.15, -0.1) is 0 Å². The zero-order valence-electron chi connectivity index (χ0n) is 16.7. The molecular formula is C23H25ClFN3O2. The molecule has 4 rings (SSSR count). The van der Waals surface area contributed by atoms with Crippen molar-refractivity contribution in [3.05, 3.63) is 64.7 Å². The minimum absolute atomic E-state index is 0.0154. The van der Waals surface area contributed by atoms with E-state index in [0.29, 0.717) is 26.1 Å². The third-order valence-electron chi connectivity index (χ3n) is 6.41. The molecule has 2 aliphatic rings. The van der Waals surface area contributed by atoms with Gasteiger partial charge in [-0.2, -0.15) is 0 Å². The van der Waals surface area contributed by atoms with Crippen LogP contribution in [0.15, 0.2) is 42.6 Å². The van der Waals surface area contributed by atoms with Crippen LogP contribution in [0, 0.1) is 17.2 Å². The van der Waals surface area contributed by atoms with Gasteiger partial charge in [0.2, 0.25) is 11.8 Å². The molecule has 1 spiro atoms. The van der Waals surface area contributed by atoms with E-state index in [-0.39, 0.29) is 40.2 Å². The Morgan fingerprint density at radius 3 is 2.70 bits per heavy atom. The Kier molecular flexibility index (Phi) is 6.04. The van der Waals surface area contributed by atoms with Crippen LogP contribution in [0.4, 0.5) is 4.39 Å². The molecule has 1 saturated carbocycles. The molecule has 0 bridgehead atoms. The largest absolute Gasteiger partial charge is 0.355 e. The first-order valence-electron chi connectivity index (χ1n) is 10.4. The summed E-state index contributed by atoms with van der Waals surface area (Å²) in [5.41, 5.74) is 1.23. The van der Waals surface area contributed by atoms with E-state index in [1.54, 1.807) is 17.2 Å². The normalized spacial score (nSPS) is 19.5. The fraction of sp³-hybridized carbons (Fsp3) is 0.435. The lowest BCUT2D eigenvalue weighted by Gasteiger charge is -2.33. The molecule has 1 N–H and O–H groups in total. The second-order valence-corrected chi connectivity index (χ2v) is 8.65. The highest BCUT2D eigenvalue weighted by Crippen LogP contribution is 2.59. The highest BCUT2D eigenvalue weighted by molar-refractivity contribution is 6.31. The van der Waals surface area contributed by atoms with Crippen LogP contribution >= 0.6 is 11.6 Å². The topological polar surface area (TPSA) is 62.3 Å². The Labute approximate surface area is 180 Å². The zero-order valence-corrected chi connectivity index (χ0v) is 17.5. The van der Waals surface area contributed by atoms with E-state index in [4.69, 9.17) is 11.6 Å². The van der Waals surface area contributed by atoms with Crippen molar-refractivity contribution in [2.45, 2.75) is 32.1 Å². The molecule has 2 heterocycles. The Balaban J connectivity index is 1.23. The van der Waals surface area contributed by atoms with Gasteiger partial charge in [-0.1, -0.05) is 23.7 Å². The van der Waals surface area contributed by atoms with Crippen molar-refractivity contribution in [2.75, 3.05) is 19.6 Å². The summed E-state index contributed by atoms with van der Waals surface area (Å²) in [6.07, 6.45) is 4.93. The smallest absolute Gasteiger partial charge is 0.227 e. The number of hydrogen-bond acceptors (Lipinski definition) is 3. The maximum Gasteiger partial charge on any atom is 0.227 e. The number of amides is 2. The Morgan fingerprint density at radius 1 is 1.20 bits per heavy atom. The molecule has 30 heavy (non-hydrogen) atoms. The fourth-order valence-electron chi connectivity index (χ4n) is 4.42. The Bertz CT molecular complexity index is 909. The second kappa shape index (κ2) is 8.72. The van der Waals surface area contributed by atoms with Gasteiger partial charge in [0.15, 0.2) is 0 Å². The number of piperidine rings is 1. The first-order chi connectivity index (χ1) is 14.5. The van der Waals surface area contributed by atoms with E-state index in [1.807, 2.05) is 18.2 Å². The zero-order chi connectivity index (χ0) is 21.1. The maximum atomic E-state index is 14.0. The lowest BCUT2D eigenvalue weighted by Crippen LogP contribution is -2.41. The van der Waals surface area contributed by atoms with Crippen molar-refractivity contribution < 1.29 is 14.0 Å². The van der Waals surface area contributed by atoms with Gasteiger partial charge in [0.1, 0.15) is 5.82 Å². The van der Waals surface area contributed by atoms with Gasteiger partial charge in [-0.3, -0.25) is 14.6 Å². The number of carbonyl (C=O) groups is 2. The summed E-state index contributed by atoms with van der Waals surface area (Å²) in [6.45, 7) is 1.78. The lowest BCUT2D eigenvalue weighted by atomic mass is 9.90. The molecule has 1 aliphatic carbocycles. The number of nitrogens with zero attached hydrogens (tertiary/aromatic N) is 2. The van der Waals surface area contributed by atoms with Crippen molar-refractivity contribution in [3.8, 4) is 0 Å². The summed E-state index contributed by atoms with van der Waals surface area (Å²) < 4.78 is 14.0. The van der Waals surface area contributed by atoms with Gasteiger partial charge < -0.3 is 10.2 Å². The number of hydrogen-bond donors (Lipinski definition) is 1. The van der Waals surface area contributed by atoms with Crippen LogP contribution in [0.25, 0.3) is 0 Å². The highest BCUT2D eigenvalue weighted by atomic mass is 35.5. The average Bonchev–Trinajstić information content (AvgIpc) is 3.45. The summed E-state index contributed by atoms with van der Waals surface area (Å²) in [5, 5.41) is 3.31. The van der Waals surface area contributed by atoms with E-state index >= 15 is 0 Å². The summed E-state index contributed by atoms with van der Waals surface area (Å²) in [6, 6.07) is 10.2. The molecule has 1 aromatic heterocycles. The predicted octanol–water partition coefficient (Wildman–Crippen LogP) is 3.40. The number of benzene rings is 1. The first-order valence-corrected chi connectivity index (χ1v) is 10.7. The van der Waals surface area contributed by atoms with E-state index in [1.165, 1.54) is 12.1 Å². The number of halogens is 2. The van der Waals surface area contributed by atoms with Crippen LogP contribution in [-0.4, -0.2) is 41.3 Å². The number of nitrogens with one attached hydrogen (secondary N) is 1. The van der Waals surface area contributed by atoms with Crippen LogP contribution in [0.2, 0.25) is 5.02 Å². The average molecular weight is 430 g/mol. The van der Waals surface area contributed by atoms with E-state index in [2.05, 4.69) is 10.3 Å². The Morgan fingerprint density at radius 2 is 2.00 bits per heavy atom. The molecule has 2 amide bonds. The van der Waals surface area contributed by atoms with Gasteiger partial charge in [0.25, 0.3) is 0 Å². The monoisotopic (exact) mass is 429 g/mol. The van der Waals surface area contributed by atoms with Crippen molar-refractivity contribution >= 4 is 23.4 Å². The van der Waals surface area contributed by atoms with Crippen LogP contribution in [-0.2, 0) is 22.4 Å². The van der Waals surface area contributed by atoms with E-state index < -0.39 is 5.82 Å². The van der Waals surface area contributed by atoms with Gasteiger partial charge >= 0.3 is 0 Å². The fourth-order valence-corrected chi connectivity index (χ4v) is 4.65. The number of carbonyl (C=O) groups excluding carboxylic acids is 2. The standard InChI is InChI=1S/C23H25ClFN3O2/c24-19-5-3-6-20(25)17(19)14-21(29)28-12-8-23(9-13-28)15-18(23)22(30)27-11-7-16-4-1-2-10-26-16/h1-6,10,18H,7-9,11-15H2,(H,27,30)/t18-/m0/s1. The molecule has 1 aliphatic heterocycles. The minimum Gasteiger partial charge on any atom is -0.355 e. The van der Waals surface area contributed by atoms with Crippen molar-refractivity contribution in [3.63, 3.8) is 0 Å². The molecule has 1 saturated heterocycles. The molecule has 2 aromatic rings. The highest BCUT2D eigenvalue weighted by Gasteiger charge is 2.58. The SMILES string of the molecule is O=C(NCCc1ccccn1)[C@@H]1CC12CCN(C(=O)Cc1c(F)cccc1Cl)CC2. The van der Waals surface area contributed by atoms with Gasteiger partial charge in [0.05, 0.1) is 6.42 Å². The molecule has 0 radical (unpaired) electrons. The van der Waals surface area contributed by atoms with Crippen molar-refractivity contribution in [1.29, 1.82) is 0 Å². The Hall–Kier alpha value is -2.47. The summed E-state index contributed by atoms with van der Waals surface area (Å²) in [4.78, 5) is 31.2. The summed E-state index contributed by atoms with van der Waals surface area (Å²) >= 11 is 6.04. The second-order valence-electron chi connectivity index (χ2n) is 8.24. The quantitative estimate of drug-likeness (QED) is 0.765. The molecule has 158 valence electrons. The lowest BCUT2D eigenvalue weighted by molar-refractivity contribution is -0.132. The van der Waals surface area contributed by atoms with Crippen LogP contribution in [0.5, 0.6) is 0 Å². The van der Waals surface area contributed by atoms with Crippen LogP contribution < -0.4 is 5.32 Å². The van der Waals surface area contributed by atoms with Gasteiger partial charge in [-0.25, -0.2) is 4.39 Å². The van der Waals surface area contributed by atoms with Gasteiger partial charge in [-0.05, 0) is 48.9 Å². The number of rotatable bonds is 6. The van der Waals surface area contributed by atoms with Crippen molar-refractivity contribution in [2.24, 2.45) is 11.3 Å². The van der Waals surface area contributed by atoms with Crippen LogP contribution in [0.3, 0.4) is 0 Å². The third kappa shape index (κ3) is 4.48. The number of aromatic nitrogens is 1. The summed E-state index contributed by atoms with van der Waals surface area (Å²) in [7, 11) is 0. The molecule has 0 unspecified atom stereocenters. The molecule has 5 nitrogen and oxygen atoms in total. The molecule has 2 fully saturated rings. The van der Waals surface area contributed by atoms with Crippen molar-refractivity contribution in [1.82, 2.24) is 15.2 Å². The molecule has 1 atom stereocenters. The maximum absolute atomic E-state index is 14.0. The molecule has 7 heteroatoms. The minimum atomic E-state index is -0.450. The summed E-state index contributed by atoms with van der Waals surface area (Å²) in [5.74, 6) is -0.439. The van der Waals surface area contributed by atoms with Gasteiger partial charge in [0, 0.05) is 54.4 Å². The predicted molar refractivity (Wildman–Crippen MR) is 112 cm³/mol. The number of likely N-dealkylation sites (tertiary alicyclic amines) is 1.